The molecule has 0 aliphatic carbocycles. The molecule has 0 bridgehead atoms. The maximum atomic E-state index is 12.1. The van der Waals surface area contributed by atoms with Crippen LogP contribution in [0.25, 0.3) is 0 Å². The van der Waals surface area contributed by atoms with Crippen LogP contribution in [-0.4, -0.2) is 43.4 Å². The summed E-state index contributed by atoms with van der Waals surface area (Å²) < 4.78 is 14.8. The van der Waals surface area contributed by atoms with Crippen molar-refractivity contribution < 1.29 is 28.6 Å². The van der Waals surface area contributed by atoms with E-state index in [-0.39, 0.29) is 48.3 Å². The maximum absolute atomic E-state index is 12.1. The number of anilines is 1. The summed E-state index contributed by atoms with van der Waals surface area (Å²) in [6, 6.07) is 4.61. The molecular weight excluding hydrogens is 388 g/mol. The van der Waals surface area contributed by atoms with E-state index in [1.165, 1.54) is 12.1 Å². The van der Waals surface area contributed by atoms with Gasteiger partial charge in [0.15, 0.2) is 0 Å². The number of hydrogen-bond acceptors (Lipinski definition) is 8. The number of hydrogen-bond donors (Lipinski definition) is 1. The summed E-state index contributed by atoms with van der Waals surface area (Å²) in [5.41, 5.74) is 3.47. The fourth-order valence-corrected chi connectivity index (χ4v) is 2.34. The van der Waals surface area contributed by atoms with E-state index in [9.17, 15) is 14.4 Å². The van der Waals surface area contributed by atoms with Gasteiger partial charge >= 0.3 is 17.9 Å². The molecule has 154 valence electrons. The Morgan fingerprint density at radius 2 is 1.68 bits per heavy atom. The Hall–Kier alpha value is -2.61. The van der Waals surface area contributed by atoms with Gasteiger partial charge in [0.05, 0.1) is 36.1 Å². The molecule has 0 saturated heterocycles. The van der Waals surface area contributed by atoms with Gasteiger partial charge in [0.2, 0.25) is 0 Å². The van der Waals surface area contributed by atoms with Crippen molar-refractivity contribution in [2.45, 2.75) is 40.0 Å². The Kier molecular flexibility index (Phi) is 10.6. The van der Waals surface area contributed by atoms with Crippen LogP contribution >= 0.6 is 11.6 Å². The number of nitrogens with one attached hydrogen (secondary N) is 1. The molecule has 0 amide bonds. The van der Waals surface area contributed by atoms with Crippen molar-refractivity contribution in [2.75, 3.05) is 25.2 Å². The molecule has 0 aliphatic heterocycles. The third-order valence-electron chi connectivity index (χ3n) is 3.39. The molecular formula is C19H25ClN2O6. The average molecular weight is 413 g/mol. The van der Waals surface area contributed by atoms with Crippen LogP contribution in [0.15, 0.2) is 23.3 Å². The number of hydrazone groups is 1. The molecule has 1 rings (SSSR count). The van der Waals surface area contributed by atoms with E-state index in [4.69, 9.17) is 25.8 Å². The Morgan fingerprint density at radius 1 is 1.00 bits per heavy atom. The van der Waals surface area contributed by atoms with Gasteiger partial charge in [0.25, 0.3) is 0 Å². The summed E-state index contributed by atoms with van der Waals surface area (Å²) in [6.45, 7) is 5.83. The molecule has 1 aromatic carbocycles. The van der Waals surface area contributed by atoms with Crippen molar-refractivity contribution in [1.82, 2.24) is 0 Å². The summed E-state index contributed by atoms with van der Waals surface area (Å²) in [4.78, 5) is 35.4. The van der Waals surface area contributed by atoms with Gasteiger partial charge in [-0.1, -0.05) is 11.6 Å². The quantitative estimate of drug-likeness (QED) is 0.256. The van der Waals surface area contributed by atoms with E-state index < -0.39 is 11.9 Å². The molecule has 0 aromatic heterocycles. The summed E-state index contributed by atoms with van der Waals surface area (Å²) >= 11 is 6.02. The highest BCUT2D eigenvalue weighted by Crippen LogP contribution is 2.21. The van der Waals surface area contributed by atoms with Gasteiger partial charge in [0.1, 0.15) is 5.71 Å². The van der Waals surface area contributed by atoms with Gasteiger partial charge in [-0.3, -0.25) is 10.2 Å². The zero-order valence-electron chi connectivity index (χ0n) is 16.2. The minimum Gasteiger partial charge on any atom is -0.466 e. The standard InChI is InChI=1S/C19H25ClN2O6/c1-4-26-17(23)9-7-8-16(19(25)28-6-3)22-21-13-10-11-15(20)14(12-13)18(24)27-5-2/h10-12,21H,4-9H2,1-3H3/b22-16-. The molecule has 0 atom stereocenters. The second-order valence-corrected chi connectivity index (χ2v) is 5.87. The Bertz CT molecular complexity index is 720. The fraction of sp³-hybridized carbons (Fsp3) is 0.474. The largest absolute Gasteiger partial charge is 0.466 e. The predicted molar refractivity (Wildman–Crippen MR) is 106 cm³/mol. The highest BCUT2D eigenvalue weighted by atomic mass is 35.5. The average Bonchev–Trinajstić information content (AvgIpc) is 2.66. The number of carbonyl (C=O) groups excluding carboxylic acids is 3. The Morgan fingerprint density at radius 3 is 2.32 bits per heavy atom. The molecule has 0 saturated carbocycles. The van der Waals surface area contributed by atoms with Crippen LogP contribution in [0.1, 0.15) is 50.4 Å². The minimum absolute atomic E-state index is 0.124. The van der Waals surface area contributed by atoms with Gasteiger partial charge in [-0.25, -0.2) is 9.59 Å². The normalized spacial score (nSPS) is 10.9. The van der Waals surface area contributed by atoms with Crippen LogP contribution < -0.4 is 5.43 Å². The molecule has 9 heteroatoms. The Labute approximate surface area is 169 Å². The second kappa shape index (κ2) is 12.7. The molecule has 0 heterocycles. The Balaban J connectivity index is 2.87. The lowest BCUT2D eigenvalue weighted by Gasteiger charge is -2.09. The topological polar surface area (TPSA) is 103 Å². The number of nitrogens with zero attached hydrogens (tertiary/aromatic N) is 1. The maximum Gasteiger partial charge on any atom is 0.354 e. The van der Waals surface area contributed by atoms with Crippen LogP contribution in [0.3, 0.4) is 0 Å². The molecule has 1 aromatic rings. The summed E-state index contributed by atoms with van der Waals surface area (Å²) in [6.07, 6.45) is 0.774. The monoisotopic (exact) mass is 412 g/mol. The highest BCUT2D eigenvalue weighted by molar-refractivity contribution is 6.36. The van der Waals surface area contributed by atoms with Crippen molar-refractivity contribution in [3.63, 3.8) is 0 Å². The third kappa shape index (κ3) is 7.96. The van der Waals surface area contributed by atoms with Gasteiger partial charge in [-0.2, -0.15) is 5.10 Å². The van der Waals surface area contributed by atoms with E-state index in [0.29, 0.717) is 18.7 Å². The van der Waals surface area contributed by atoms with Crippen LogP contribution in [-0.2, 0) is 23.8 Å². The highest BCUT2D eigenvalue weighted by Gasteiger charge is 2.15. The van der Waals surface area contributed by atoms with Crippen LogP contribution in [0, 0.1) is 0 Å². The number of benzene rings is 1. The SMILES string of the molecule is CCOC(=O)CCC/C(=N/Nc1ccc(Cl)c(C(=O)OCC)c1)C(=O)OCC. The first-order valence-electron chi connectivity index (χ1n) is 9.04. The van der Waals surface area contributed by atoms with E-state index in [2.05, 4.69) is 10.5 Å². The molecule has 0 unspecified atom stereocenters. The smallest absolute Gasteiger partial charge is 0.354 e. The summed E-state index contributed by atoms with van der Waals surface area (Å²) in [5, 5.41) is 4.32. The van der Waals surface area contributed by atoms with E-state index in [1.54, 1.807) is 26.8 Å². The first-order valence-corrected chi connectivity index (χ1v) is 9.42. The number of rotatable bonds is 11. The van der Waals surface area contributed by atoms with Crippen molar-refractivity contribution in [2.24, 2.45) is 5.10 Å². The first-order chi connectivity index (χ1) is 13.4. The van der Waals surface area contributed by atoms with Crippen molar-refractivity contribution in [3.05, 3.63) is 28.8 Å². The second-order valence-electron chi connectivity index (χ2n) is 5.46. The number of halogens is 1. The molecule has 8 nitrogen and oxygen atoms in total. The first kappa shape index (κ1) is 23.4. The molecule has 0 radical (unpaired) electrons. The minimum atomic E-state index is -0.585. The zero-order chi connectivity index (χ0) is 20.9. The summed E-state index contributed by atoms with van der Waals surface area (Å²) in [7, 11) is 0. The molecule has 0 spiro atoms. The lowest BCUT2D eigenvalue weighted by molar-refractivity contribution is -0.143. The van der Waals surface area contributed by atoms with Crippen LogP contribution in [0.5, 0.6) is 0 Å². The van der Waals surface area contributed by atoms with Crippen molar-refractivity contribution >= 4 is 40.9 Å². The fourth-order valence-electron chi connectivity index (χ4n) is 2.14. The van der Waals surface area contributed by atoms with Crippen molar-refractivity contribution in [1.29, 1.82) is 0 Å². The molecule has 1 N–H and O–H groups in total. The number of ether oxygens (including phenoxy) is 3. The van der Waals surface area contributed by atoms with Gasteiger partial charge < -0.3 is 14.2 Å². The number of carbonyl (C=O) groups is 3. The molecule has 0 aliphatic rings. The zero-order valence-corrected chi connectivity index (χ0v) is 17.0. The third-order valence-corrected chi connectivity index (χ3v) is 3.72. The lowest BCUT2D eigenvalue weighted by Crippen LogP contribution is -2.19. The summed E-state index contributed by atoms with van der Waals surface area (Å²) in [5.74, 6) is -1.48. The molecule has 0 fully saturated rings. The van der Waals surface area contributed by atoms with E-state index in [0.717, 1.165) is 0 Å². The van der Waals surface area contributed by atoms with Gasteiger partial charge in [0, 0.05) is 6.42 Å². The van der Waals surface area contributed by atoms with Gasteiger partial charge in [-0.05, 0) is 51.8 Å². The van der Waals surface area contributed by atoms with Gasteiger partial charge in [-0.15, -0.1) is 0 Å². The lowest BCUT2D eigenvalue weighted by atomic mass is 10.1. The van der Waals surface area contributed by atoms with E-state index in [1.807, 2.05) is 0 Å². The number of esters is 3. The van der Waals surface area contributed by atoms with Crippen molar-refractivity contribution in [3.8, 4) is 0 Å². The van der Waals surface area contributed by atoms with E-state index >= 15 is 0 Å². The predicted octanol–water partition coefficient (Wildman–Crippen LogP) is 3.58. The van der Waals surface area contributed by atoms with Crippen LogP contribution in [0.2, 0.25) is 5.02 Å². The molecule has 28 heavy (non-hydrogen) atoms. The van der Waals surface area contributed by atoms with Crippen LogP contribution in [0.4, 0.5) is 5.69 Å².